The van der Waals surface area contributed by atoms with Crippen LogP contribution < -0.4 is 24.3 Å². The third-order valence-corrected chi connectivity index (χ3v) is 3.55. The van der Waals surface area contributed by atoms with E-state index in [0.717, 1.165) is 0 Å². The van der Waals surface area contributed by atoms with Gasteiger partial charge in [0.2, 0.25) is 0 Å². The van der Waals surface area contributed by atoms with Crippen LogP contribution in [-0.4, -0.2) is 33.3 Å². The van der Waals surface area contributed by atoms with Gasteiger partial charge in [-0.15, -0.1) is 0 Å². The smallest absolute Gasteiger partial charge is 0.262 e. The molecule has 7 heteroatoms. The molecule has 25 heavy (non-hydrogen) atoms. The Hall–Kier alpha value is -2.60. The second-order valence-electron chi connectivity index (χ2n) is 4.90. The fourth-order valence-electron chi connectivity index (χ4n) is 2.13. The monoisotopic (exact) mass is 365 g/mol. The number of hydrogen-bond acceptors (Lipinski definition) is 5. The van der Waals surface area contributed by atoms with Crippen LogP contribution in [0.15, 0.2) is 36.4 Å². The van der Waals surface area contributed by atoms with Crippen LogP contribution in [0.25, 0.3) is 0 Å². The molecule has 0 radical (unpaired) electrons. The van der Waals surface area contributed by atoms with E-state index < -0.39 is 0 Å². The first kappa shape index (κ1) is 18.7. The molecule has 0 fully saturated rings. The summed E-state index contributed by atoms with van der Waals surface area (Å²) in [5, 5.41) is 3.10. The molecule has 2 aromatic rings. The first-order chi connectivity index (χ1) is 12.1. The molecule has 0 heterocycles. The standard InChI is InChI=1S/C18H20ClNO5/c1-4-24-14-7-5-6-8-15(14)25-11-18(21)20-13-10-16(22-2)12(19)9-17(13)23-3/h5-10H,4,11H2,1-3H3,(H,20,21). The SMILES string of the molecule is CCOc1ccccc1OCC(=O)Nc1cc(OC)c(Cl)cc1OC. The Kier molecular flexibility index (Phi) is 6.77. The molecule has 0 saturated carbocycles. The normalized spacial score (nSPS) is 10.1. The molecular formula is C18H20ClNO5. The maximum Gasteiger partial charge on any atom is 0.262 e. The predicted molar refractivity (Wildman–Crippen MR) is 96.3 cm³/mol. The van der Waals surface area contributed by atoms with Gasteiger partial charge in [-0.2, -0.15) is 0 Å². The highest BCUT2D eigenvalue weighted by Gasteiger charge is 2.13. The summed E-state index contributed by atoms with van der Waals surface area (Å²) >= 11 is 6.05. The highest BCUT2D eigenvalue weighted by Crippen LogP contribution is 2.35. The Labute approximate surface area is 151 Å². The number of amides is 1. The quantitative estimate of drug-likeness (QED) is 0.771. The van der Waals surface area contributed by atoms with E-state index in [1.54, 1.807) is 24.3 Å². The summed E-state index contributed by atoms with van der Waals surface area (Å²) in [6.45, 7) is 2.20. The van der Waals surface area contributed by atoms with Crippen LogP contribution in [0.1, 0.15) is 6.92 Å². The second-order valence-corrected chi connectivity index (χ2v) is 5.31. The van der Waals surface area contributed by atoms with Crippen molar-refractivity contribution in [2.75, 3.05) is 32.8 Å². The van der Waals surface area contributed by atoms with Crippen LogP contribution in [0.4, 0.5) is 5.69 Å². The lowest BCUT2D eigenvalue weighted by Crippen LogP contribution is -2.20. The number of anilines is 1. The van der Waals surface area contributed by atoms with Crippen molar-refractivity contribution in [2.45, 2.75) is 6.92 Å². The number of halogens is 1. The highest BCUT2D eigenvalue weighted by atomic mass is 35.5. The zero-order valence-corrected chi connectivity index (χ0v) is 15.1. The van der Waals surface area contributed by atoms with Crippen LogP contribution in [0.5, 0.6) is 23.0 Å². The minimum absolute atomic E-state index is 0.182. The minimum atomic E-state index is -0.353. The van der Waals surface area contributed by atoms with E-state index in [1.807, 2.05) is 19.1 Å². The first-order valence-electron chi connectivity index (χ1n) is 7.65. The van der Waals surface area contributed by atoms with Gasteiger partial charge in [0, 0.05) is 12.1 Å². The molecule has 0 atom stereocenters. The first-order valence-corrected chi connectivity index (χ1v) is 8.02. The Balaban J connectivity index is 2.06. The third-order valence-electron chi connectivity index (χ3n) is 3.26. The Bertz CT molecular complexity index is 735. The number of para-hydroxylation sites is 2. The number of ether oxygens (including phenoxy) is 4. The number of hydrogen-bond donors (Lipinski definition) is 1. The Morgan fingerprint density at radius 2 is 1.64 bits per heavy atom. The van der Waals surface area contributed by atoms with Crippen molar-refractivity contribution in [3.05, 3.63) is 41.4 Å². The summed E-state index contributed by atoms with van der Waals surface area (Å²) < 4.78 is 21.4. The third kappa shape index (κ3) is 4.93. The Morgan fingerprint density at radius 3 is 2.24 bits per heavy atom. The van der Waals surface area contributed by atoms with Crippen molar-refractivity contribution in [3.63, 3.8) is 0 Å². The molecule has 1 N–H and O–H groups in total. The van der Waals surface area contributed by atoms with E-state index in [4.69, 9.17) is 30.5 Å². The number of methoxy groups -OCH3 is 2. The van der Waals surface area contributed by atoms with E-state index in [9.17, 15) is 4.79 Å². The van der Waals surface area contributed by atoms with E-state index in [1.165, 1.54) is 14.2 Å². The maximum absolute atomic E-state index is 12.2. The van der Waals surface area contributed by atoms with Gasteiger partial charge in [-0.3, -0.25) is 4.79 Å². The lowest BCUT2D eigenvalue weighted by atomic mass is 10.2. The van der Waals surface area contributed by atoms with Gasteiger partial charge >= 0.3 is 0 Å². The molecule has 0 aliphatic rings. The number of rotatable bonds is 8. The van der Waals surface area contributed by atoms with Crippen molar-refractivity contribution < 1.29 is 23.7 Å². The average Bonchev–Trinajstić information content (AvgIpc) is 2.62. The predicted octanol–water partition coefficient (Wildman–Crippen LogP) is 3.77. The molecule has 6 nitrogen and oxygen atoms in total. The number of carbonyl (C=O) groups is 1. The summed E-state index contributed by atoms with van der Waals surface area (Å²) in [5.41, 5.74) is 0.440. The lowest BCUT2D eigenvalue weighted by Gasteiger charge is -2.14. The molecule has 0 bridgehead atoms. The zero-order valence-electron chi connectivity index (χ0n) is 14.3. The van der Waals surface area contributed by atoms with Gasteiger partial charge in [0.25, 0.3) is 5.91 Å². The van der Waals surface area contributed by atoms with Crippen LogP contribution >= 0.6 is 11.6 Å². The Morgan fingerprint density at radius 1 is 1.00 bits per heavy atom. The van der Waals surface area contributed by atoms with Gasteiger partial charge in [-0.1, -0.05) is 23.7 Å². The zero-order chi connectivity index (χ0) is 18.2. The molecule has 0 saturated heterocycles. The molecule has 2 rings (SSSR count). The lowest BCUT2D eigenvalue weighted by molar-refractivity contribution is -0.118. The summed E-state index contributed by atoms with van der Waals surface area (Å²) in [6, 6.07) is 10.3. The molecule has 0 unspecified atom stereocenters. The number of benzene rings is 2. The van der Waals surface area contributed by atoms with Crippen molar-refractivity contribution >= 4 is 23.2 Å². The molecular weight excluding hydrogens is 346 g/mol. The fourth-order valence-corrected chi connectivity index (χ4v) is 2.36. The van der Waals surface area contributed by atoms with Crippen LogP contribution in [0, 0.1) is 0 Å². The van der Waals surface area contributed by atoms with Gasteiger partial charge in [-0.25, -0.2) is 0 Å². The summed E-state index contributed by atoms with van der Waals surface area (Å²) in [4.78, 5) is 12.2. The summed E-state index contributed by atoms with van der Waals surface area (Å²) in [6.07, 6.45) is 0. The van der Waals surface area contributed by atoms with Crippen molar-refractivity contribution in [1.29, 1.82) is 0 Å². The van der Waals surface area contributed by atoms with Crippen molar-refractivity contribution in [2.24, 2.45) is 0 Å². The molecule has 0 aliphatic carbocycles. The minimum Gasteiger partial charge on any atom is -0.495 e. The molecule has 1 amide bonds. The maximum atomic E-state index is 12.2. The van der Waals surface area contributed by atoms with Crippen LogP contribution in [-0.2, 0) is 4.79 Å². The molecule has 0 spiro atoms. The molecule has 2 aromatic carbocycles. The van der Waals surface area contributed by atoms with E-state index in [0.29, 0.717) is 40.3 Å². The topological polar surface area (TPSA) is 66.0 Å². The van der Waals surface area contributed by atoms with Crippen molar-refractivity contribution in [3.8, 4) is 23.0 Å². The summed E-state index contributed by atoms with van der Waals surface area (Å²) in [5.74, 6) is 1.59. The van der Waals surface area contributed by atoms with Gasteiger partial charge in [0.05, 0.1) is 31.5 Å². The van der Waals surface area contributed by atoms with Gasteiger partial charge in [0.1, 0.15) is 11.5 Å². The van der Waals surface area contributed by atoms with E-state index in [-0.39, 0.29) is 12.5 Å². The second kappa shape index (κ2) is 9.03. The average molecular weight is 366 g/mol. The van der Waals surface area contributed by atoms with Gasteiger partial charge in [-0.05, 0) is 19.1 Å². The van der Waals surface area contributed by atoms with Gasteiger partial charge < -0.3 is 24.3 Å². The van der Waals surface area contributed by atoms with Crippen LogP contribution in [0.2, 0.25) is 5.02 Å². The van der Waals surface area contributed by atoms with Crippen LogP contribution in [0.3, 0.4) is 0 Å². The molecule has 0 aromatic heterocycles. The molecule has 0 aliphatic heterocycles. The highest BCUT2D eigenvalue weighted by molar-refractivity contribution is 6.32. The summed E-state index contributed by atoms with van der Waals surface area (Å²) in [7, 11) is 2.98. The van der Waals surface area contributed by atoms with E-state index in [2.05, 4.69) is 5.32 Å². The van der Waals surface area contributed by atoms with Gasteiger partial charge in [0.15, 0.2) is 18.1 Å². The number of carbonyl (C=O) groups excluding carboxylic acids is 1. The largest absolute Gasteiger partial charge is 0.495 e. The van der Waals surface area contributed by atoms with Crippen molar-refractivity contribution in [1.82, 2.24) is 0 Å². The fraction of sp³-hybridized carbons (Fsp3) is 0.278. The number of nitrogens with one attached hydrogen (secondary N) is 1. The van der Waals surface area contributed by atoms with E-state index >= 15 is 0 Å². The molecule has 134 valence electrons.